The minimum atomic E-state index is -0.251. The predicted molar refractivity (Wildman–Crippen MR) is 111 cm³/mol. The Labute approximate surface area is 168 Å². The number of benzene rings is 3. The van der Waals surface area contributed by atoms with Crippen molar-refractivity contribution in [3.8, 4) is 5.75 Å². The maximum Gasteiger partial charge on any atom is 0.275 e. The van der Waals surface area contributed by atoms with E-state index >= 15 is 0 Å². The van der Waals surface area contributed by atoms with Gasteiger partial charge in [0, 0.05) is 5.56 Å². The second-order valence-corrected chi connectivity index (χ2v) is 6.67. The first kappa shape index (κ1) is 18.0. The lowest BCUT2D eigenvalue weighted by Crippen LogP contribution is -2.24. The summed E-state index contributed by atoms with van der Waals surface area (Å²) in [6.07, 6.45) is 1.74. The Morgan fingerprint density at radius 1 is 0.929 bits per heavy atom. The maximum atomic E-state index is 12.2. The van der Waals surface area contributed by atoms with Crippen LogP contribution in [-0.2, 0) is 11.4 Å². The molecule has 0 aliphatic carbocycles. The van der Waals surface area contributed by atoms with E-state index in [1.54, 1.807) is 12.1 Å². The highest BCUT2D eigenvalue weighted by Crippen LogP contribution is 2.21. The zero-order chi connectivity index (χ0) is 19.3. The third-order valence-corrected chi connectivity index (χ3v) is 4.59. The van der Waals surface area contributed by atoms with Crippen molar-refractivity contribution in [1.82, 2.24) is 5.32 Å². The molecule has 1 N–H and O–H groups in total. The first-order valence-corrected chi connectivity index (χ1v) is 9.20. The molecule has 0 saturated heterocycles. The van der Waals surface area contributed by atoms with Crippen LogP contribution in [0.4, 0.5) is 0 Å². The van der Waals surface area contributed by atoms with Crippen LogP contribution in [0.25, 0.3) is 6.08 Å². The molecule has 0 spiro atoms. The molecule has 0 fully saturated rings. The van der Waals surface area contributed by atoms with Crippen LogP contribution in [0.15, 0.2) is 89.6 Å². The maximum absolute atomic E-state index is 12.2. The van der Waals surface area contributed by atoms with Crippen LogP contribution in [0.3, 0.4) is 0 Å². The van der Waals surface area contributed by atoms with Crippen molar-refractivity contribution in [2.75, 3.05) is 0 Å². The third kappa shape index (κ3) is 4.13. The largest absolute Gasteiger partial charge is 0.489 e. The minimum absolute atomic E-state index is 0.251. The van der Waals surface area contributed by atoms with Crippen LogP contribution >= 0.6 is 11.6 Å². The van der Waals surface area contributed by atoms with E-state index in [2.05, 4.69) is 10.3 Å². The van der Waals surface area contributed by atoms with E-state index in [1.807, 2.05) is 72.8 Å². The SMILES string of the molecule is O=C1NC(c2ccccc2Cl)=NC1=Cc1ccc(OCc2ccccc2)cc1. The summed E-state index contributed by atoms with van der Waals surface area (Å²) in [6.45, 7) is 0.509. The molecule has 4 nitrogen and oxygen atoms in total. The summed E-state index contributed by atoms with van der Waals surface area (Å²) in [6, 6.07) is 24.8. The first-order valence-electron chi connectivity index (χ1n) is 8.82. The molecule has 1 amide bonds. The summed E-state index contributed by atoms with van der Waals surface area (Å²) < 4.78 is 5.78. The lowest BCUT2D eigenvalue weighted by Gasteiger charge is -2.06. The molecule has 0 aromatic heterocycles. The number of carbonyl (C=O) groups is 1. The Hall–Kier alpha value is -3.37. The van der Waals surface area contributed by atoms with E-state index in [0.717, 1.165) is 16.9 Å². The van der Waals surface area contributed by atoms with Crippen LogP contribution in [0, 0.1) is 0 Å². The summed E-state index contributed by atoms with van der Waals surface area (Å²) in [5, 5.41) is 3.31. The van der Waals surface area contributed by atoms with Gasteiger partial charge in [0.1, 0.15) is 23.9 Å². The predicted octanol–water partition coefficient (Wildman–Crippen LogP) is 4.84. The summed E-state index contributed by atoms with van der Waals surface area (Å²) in [7, 11) is 0. The van der Waals surface area contributed by atoms with Gasteiger partial charge in [-0.2, -0.15) is 0 Å². The molecular weight excluding hydrogens is 372 g/mol. The average Bonchev–Trinajstić information content (AvgIpc) is 3.08. The standard InChI is InChI=1S/C23H17ClN2O2/c24-20-9-5-4-8-19(20)22-25-21(23(27)26-22)14-16-10-12-18(13-11-16)28-15-17-6-2-1-3-7-17/h1-14H,15H2,(H,25,26,27). The lowest BCUT2D eigenvalue weighted by molar-refractivity contribution is -0.115. The van der Waals surface area contributed by atoms with E-state index < -0.39 is 0 Å². The zero-order valence-corrected chi connectivity index (χ0v) is 15.7. The normalized spacial score (nSPS) is 14.7. The highest BCUT2D eigenvalue weighted by molar-refractivity contribution is 6.35. The number of amidine groups is 1. The topological polar surface area (TPSA) is 50.7 Å². The molecule has 28 heavy (non-hydrogen) atoms. The van der Waals surface area contributed by atoms with Gasteiger partial charge >= 0.3 is 0 Å². The quantitative estimate of drug-likeness (QED) is 0.636. The highest BCUT2D eigenvalue weighted by atomic mass is 35.5. The number of aliphatic imine (C=N–C) groups is 1. The van der Waals surface area contributed by atoms with E-state index in [1.165, 1.54) is 0 Å². The number of nitrogens with zero attached hydrogens (tertiary/aromatic N) is 1. The Bertz CT molecular complexity index is 1060. The zero-order valence-electron chi connectivity index (χ0n) is 14.9. The molecule has 1 aliphatic heterocycles. The number of hydrogen-bond acceptors (Lipinski definition) is 3. The fourth-order valence-electron chi connectivity index (χ4n) is 2.81. The summed E-state index contributed by atoms with van der Waals surface area (Å²) >= 11 is 6.19. The number of nitrogens with one attached hydrogen (secondary N) is 1. The fourth-order valence-corrected chi connectivity index (χ4v) is 3.03. The first-order chi connectivity index (χ1) is 13.7. The van der Waals surface area contributed by atoms with Gasteiger partial charge in [0.05, 0.1) is 5.02 Å². The molecule has 3 aromatic carbocycles. The van der Waals surface area contributed by atoms with Crippen molar-refractivity contribution in [3.05, 3.63) is 106 Å². The monoisotopic (exact) mass is 388 g/mol. The van der Waals surface area contributed by atoms with Crippen molar-refractivity contribution < 1.29 is 9.53 Å². The van der Waals surface area contributed by atoms with Gasteiger partial charge in [-0.3, -0.25) is 4.79 Å². The average molecular weight is 389 g/mol. The molecule has 1 aliphatic rings. The highest BCUT2D eigenvalue weighted by Gasteiger charge is 2.22. The van der Waals surface area contributed by atoms with Gasteiger partial charge in [-0.05, 0) is 41.5 Å². The van der Waals surface area contributed by atoms with Crippen LogP contribution in [-0.4, -0.2) is 11.7 Å². The van der Waals surface area contributed by atoms with Crippen LogP contribution in [0.2, 0.25) is 5.02 Å². The van der Waals surface area contributed by atoms with Crippen molar-refractivity contribution in [2.45, 2.75) is 6.61 Å². The van der Waals surface area contributed by atoms with Gasteiger partial charge in [0.15, 0.2) is 0 Å². The van der Waals surface area contributed by atoms with Gasteiger partial charge in [-0.25, -0.2) is 4.99 Å². The second kappa shape index (κ2) is 8.11. The van der Waals surface area contributed by atoms with Gasteiger partial charge in [-0.15, -0.1) is 0 Å². The van der Waals surface area contributed by atoms with Crippen molar-refractivity contribution in [1.29, 1.82) is 0 Å². The van der Waals surface area contributed by atoms with E-state index in [9.17, 15) is 4.79 Å². The summed E-state index contributed by atoms with van der Waals surface area (Å²) in [4.78, 5) is 16.6. The molecule has 0 bridgehead atoms. The Morgan fingerprint density at radius 2 is 1.64 bits per heavy atom. The number of amides is 1. The number of rotatable bonds is 5. The number of hydrogen-bond donors (Lipinski definition) is 1. The van der Waals surface area contributed by atoms with Gasteiger partial charge in [0.2, 0.25) is 0 Å². The summed E-state index contributed by atoms with van der Waals surface area (Å²) in [5.74, 6) is 0.978. The van der Waals surface area contributed by atoms with Gasteiger partial charge < -0.3 is 10.1 Å². The Morgan fingerprint density at radius 3 is 2.39 bits per heavy atom. The van der Waals surface area contributed by atoms with Crippen LogP contribution < -0.4 is 10.1 Å². The molecule has 0 unspecified atom stereocenters. The molecule has 0 saturated carbocycles. The molecule has 1 heterocycles. The van der Waals surface area contributed by atoms with Crippen molar-refractivity contribution in [3.63, 3.8) is 0 Å². The van der Waals surface area contributed by atoms with E-state index in [0.29, 0.717) is 28.7 Å². The molecule has 0 radical (unpaired) electrons. The Kier molecular flexibility index (Phi) is 5.22. The van der Waals surface area contributed by atoms with Gasteiger partial charge in [0.25, 0.3) is 5.91 Å². The van der Waals surface area contributed by atoms with E-state index in [-0.39, 0.29) is 5.91 Å². The molecule has 138 valence electrons. The molecule has 3 aromatic rings. The Balaban J connectivity index is 1.48. The number of carbonyl (C=O) groups excluding carboxylic acids is 1. The van der Waals surface area contributed by atoms with E-state index in [4.69, 9.17) is 16.3 Å². The van der Waals surface area contributed by atoms with Crippen molar-refractivity contribution >= 4 is 29.4 Å². The van der Waals surface area contributed by atoms with Crippen molar-refractivity contribution in [2.24, 2.45) is 4.99 Å². The summed E-state index contributed by atoms with van der Waals surface area (Å²) in [5.41, 5.74) is 3.01. The van der Waals surface area contributed by atoms with Gasteiger partial charge in [-0.1, -0.05) is 66.2 Å². The fraction of sp³-hybridized carbons (Fsp3) is 0.0435. The number of ether oxygens (including phenoxy) is 1. The molecule has 0 atom stereocenters. The van der Waals surface area contributed by atoms with Crippen LogP contribution in [0.5, 0.6) is 5.75 Å². The molecular formula is C23H17ClN2O2. The smallest absolute Gasteiger partial charge is 0.275 e. The second-order valence-electron chi connectivity index (χ2n) is 6.27. The number of halogens is 1. The van der Waals surface area contributed by atoms with Crippen LogP contribution in [0.1, 0.15) is 16.7 Å². The minimum Gasteiger partial charge on any atom is -0.489 e. The molecule has 4 rings (SSSR count). The third-order valence-electron chi connectivity index (χ3n) is 4.26. The molecule has 5 heteroatoms. The lowest BCUT2D eigenvalue weighted by atomic mass is 10.2.